The van der Waals surface area contributed by atoms with Gasteiger partial charge in [0.15, 0.2) is 0 Å². The van der Waals surface area contributed by atoms with Crippen LogP contribution in [0.15, 0.2) is 0 Å². The standard InChI is InChI=1S/C12H27N.C10H21N.3C8H20N2.C7H18N2/c1-9(2)8-12(13)7-6-11(5)10(3)4;1-8(2)5-9-3-4-10(6-9)7-11;3*1-7(2)6-8(10)4-3-5-9;1-6(2)5-7(9)3-4-8/h9-12H,6-8,13H2,1-5H3;8-10H,3-7,11H2,1-2H3;3*7-8H,3-6,9-10H2,1-2H3;6-7H,3-5,8-9H2,1-2H3/t11?,12-;9-,10-;3*8-;7-/m011100/s1. The van der Waals surface area contributed by atoms with E-state index in [0.29, 0.717) is 60.4 Å². The maximum absolute atomic E-state index is 6.02. The zero-order valence-electron chi connectivity index (χ0n) is 45.7. The second-order valence-electron chi connectivity index (χ2n) is 22.5. The van der Waals surface area contributed by atoms with Crippen molar-refractivity contribution < 1.29 is 0 Å². The molecule has 0 aromatic rings. The Bertz CT molecular complexity index is 806. The van der Waals surface area contributed by atoms with Gasteiger partial charge in [0.25, 0.3) is 0 Å². The molecular formula is C53H126N10. The molecule has 0 aliphatic heterocycles. The molecule has 8 atom stereocenters. The molecule has 1 aliphatic rings. The van der Waals surface area contributed by atoms with E-state index in [2.05, 4.69) is 104 Å². The van der Waals surface area contributed by atoms with Crippen LogP contribution in [0.1, 0.15) is 219 Å². The monoisotopic (exact) mass is 903 g/mol. The highest BCUT2D eigenvalue weighted by Gasteiger charge is 2.23. The van der Waals surface area contributed by atoms with Crippen LogP contribution in [0.4, 0.5) is 0 Å². The summed E-state index contributed by atoms with van der Waals surface area (Å²) in [6.07, 6.45) is 21.1. The van der Waals surface area contributed by atoms with E-state index < -0.39 is 0 Å². The second kappa shape index (κ2) is 49.5. The van der Waals surface area contributed by atoms with Crippen LogP contribution < -0.4 is 57.3 Å². The zero-order valence-corrected chi connectivity index (χ0v) is 45.7. The fraction of sp³-hybridized carbons (Fsp3) is 1.00. The third-order valence-electron chi connectivity index (χ3n) is 11.7. The second-order valence-corrected chi connectivity index (χ2v) is 22.5. The predicted octanol–water partition coefficient (Wildman–Crippen LogP) is 9.84. The van der Waals surface area contributed by atoms with Gasteiger partial charge in [-0.25, -0.2) is 0 Å². The van der Waals surface area contributed by atoms with Crippen molar-refractivity contribution in [3.63, 3.8) is 0 Å². The highest BCUT2D eigenvalue weighted by molar-refractivity contribution is 4.76. The first kappa shape index (κ1) is 71.6. The predicted molar refractivity (Wildman–Crippen MR) is 288 cm³/mol. The SMILES string of the molecule is CC(C)C[C@@H](N)CCC(C)C(C)C.CC(C)C[C@@H](N)CCCN.CC(C)C[C@@H](N)CCN.CC(C)C[C@H](N)CCCN.CC(C)C[C@H](N)CCCN.CC(C)C[C@H]1CC[C@@H](CN)C1. The minimum absolute atomic E-state index is 0.315. The van der Waals surface area contributed by atoms with Crippen LogP contribution >= 0.6 is 0 Å². The third-order valence-corrected chi connectivity index (χ3v) is 11.7. The van der Waals surface area contributed by atoms with Crippen molar-refractivity contribution in [1.29, 1.82) is 0 Å². The van der Waals surface area contributed by atoms with Gasteiger partial charge in [0.2, 0.25) is 0 Å². The van der Waals surface area contributed by atoms with E-state index in [-0.39, 0.29) is 0 Å². The van der Waals surface area contributed by atoms with Crippen molar-refractivity contribution >= 4 is 0 Å². The van der Waals surface area contributed by atoms with Crippen molar-refractivity contribution in [2.45, 2.75) is 250 Å². The number of hydrogen-bond donors (Lipinski definition) is 10. The minimum atomic E-state index is 0.315. The van der Waals surface area contributed by atoms with Crippen molar-refractivity contribution in [3.8, 4) is 0 Å². The summed E-state index contributed by atoms with van der Waals surface area (Å²) in [6.45, 7) is 37.5. The Morgan fingerprint density at radius 1 is 0.349 bits per heavy atom. The Morgan fingerprint density at radius 3 is 0.889 bits per heavy atom. The van der Waals surface area contributed by atoms with Gasteiger partial charge in [-0.2, -0.15) is 0 Å². The van der Waals surface area contributed by atoms with Crippen LogP contribution in [-0.4, -0.2) is 62.9 Å². The van der Waals surface area contributed by atoms with Crippen molar-refractivity contribution in [1.82, 2.24) is 0 Å². The Balaban J connectivity index is -0.000000214. The maximum atomic E-state index is 6.02. The van der Waals surface area contributed by atoms with E-state index in [0.717, 1.165) is 132 Å². The zero-order chi connectivity index (χ0) is 49.9. The van der Waals surface area contributed by atoms with Crippen LogP contribution in [0.25, 0.3) is 0 Å². The van der Waals surface area contributed by atoms with Gasteiger partial charge in [-0.1, -0.05) is 110 Å². The molecule has 0 amide bonds. The molecule has 1 aliphatic carbocycles. The molecule has 1 rings (SSSR count). The molecule has 63 heavy (non-hydrogen) atoms. The number of nitrogens with two attached hydrogens (primary N) is 10. The summed E-state index contributed by atoms with van der Waals surface area (Å²) >= 11 is 0. The molecule has 1 saturated carbocycles. The highest BCUT2D eigenvalue weighted by Crippen LogP contribution is 2.34. The van der Waals surface area contributed by atoms with Gasteiger partial charge in [-0.05, 0) is 201 Å². The van der Waals surface area contributed by atoms with Crippen LogP contribution in [0, 0.1) is 59.2 Å². The highest BCUT2D eigenvalue weighted by atomic mass is 14.7. The van der Waals surface area contributed by atoms with Gasteiger partial charge in [0.1, 0.15) is 0 Å². The van der Waals surface area contributed by atoms with Crippen LogP contribution in [0.5, 0.6) is 0 Å². The van der Waals surface area contributed by atoms with Crippen LogP contribution in [-0.2, 0) is 0 Å². The first-order chi connectivity index (χ1) is 29.3. The van der Waals surface area contributed by atoms with Gasteiger partial charge in [0.05, 0.1) is 0 Å². The summed E-state index contributed by atoms with van der Waals surface area (Å²) in [7, 11) is 0. The van der Waals surface area contributed by atoms with Crippen molar-refractivity contribution in [3.05, 3.63) is 0 Å². The Morgan fingerprint density at radius 2 is 0.651 bits per heavy atom. The van der Waals surface area contributed by atoms with E-state index in [1.807, 2.05) is 0 Å². The Hall–Kier alpha value is -0.400. The van der Waals surface area contributed by atoms with Gasteiger partial charge < -0.3 is 57.3 Å². The van der Waals surface area contributed by atoms with Crippen molar-refractivity contribution in [2.75, 3.05) is 32.7 Å². The first-order valence-corrected chi connectivity index (χ1v) is 26.6. The maximum Gasteiger partial charge on any atom is 0.00532 e. The van der Waals surface area contributed by atoms with E-state index in [4.69, 9.17) is 57.3 Å². The summed E-state index contributed by atoms with van der Waals surface area (Å²) < 4.78 is 0. The van der Waals surface area contributed by atoms with Crippen LogP contribution in [0.2, 0.25) is 0 Å². The molecule has 1 unspecified atom stereocenters. The van der Waals surface area contributed by atoms with Gasteiger partial charge >= 0.3 is 0 Å². The number of rotatable bonds is 28. The van der Waals surface area contributed by atoms with Gasteiger partial charge in [-0.3, -0.25) is 0 Å². The molecule has 0 spiro atoms. The lowest BCUT2D eigenvalue weighted by atomic mass is 9.90. The fourth-order valence-corrected chi connectivity index (χ4v) is 8.05. The van der Waals surface area contributed by atoms with E-state index in [1.54, 1.807) is 0 Å². The molecule has 0 aromatic heterocycles. The van der Waals surface area contributed by atoms with E-state index >= 15 is 0 Å². The van der Waals surface area contributed by atoms with Gasteiger partial charge in [-0.15, -0.1) is 0 Å². The summed E-state index contributed by atoms with van der Waals surface area (Å²) in [6, 6.07) is 1.83. The normalized spacial score (nSPS) is 17.7. The summed E-state index contributed by atoms with van der Waals surface area (Å²) in [5.41, 5.74) is 56.2. The Kier molecular flexibility index (Phi) is 56.3. The molecule has 1 fully saturated rings. The lowest BCUT2D eigenvalue weighted by Crippen LogP contribution is -2.25. The quantitative estimate of drug-likeness (QED) is 0.0355. The summed E-state index contributed by atoms with van der Waals surface area (Å²) in [4.78, 5) is 0. The van der Waals surface area contributed by atoms with Crippen molar-refractivity contribution in [2.24, 2.45) is 117 Å². The van der Waals surface area contributed by atoms with E-state index in [1.165, 1.54) is 44.9 Å². The average Bonchev–Trinajstić information content (AvgIpc) is 3.61. The molecule has 0 saturated heterocycles. The smallest absolute Gasteiger partial charge is 0.00532 e. The molecule has 0 bridgehead atoms. The van der Waals surface area contributed by atoms with Gasteiger partial charge in [0, 0.05) is 30.2 Å². The fourth-order valence-electron chi connectivity index (χ4n) is 8.05. The van der Waals surface area contributed by atoms with Crippen LogP contribution in [0.3, 0.4) is 0 Å². The summed E-state index contributed by atoms with van der Waals surface area (Å²) in [5.74, 6) is 7.91. The average molecular weight is 904 g/mol. The molecule has 0 heterocycles. The molecule has 20 N–H and O–H groups in total. The number of hydrogen-bond acceptors (Lipinski definition) is 10. The minimum Gasteiger partial charge on any atom is -0.330 e. The Labute approximate surface area is 397 Å². The molecule has 388 valence electrons. The lowest BCUT2D eigenvalue weighted by Gasteiger charge is -2.19. The molecule has 10 nitrogen and oxygen atoms in total. The summed E-state index contributed by atoms with van der Waals surface area (Å²) in [5, 5.41) is 0. The first-order valence-electron chi connectivity index (χ1n) is 26.6. The topological polar surface area (TPSA) is 260 Å². The van der Waals surface area contributed by atoms with E-state index in [9.17, 15) is 0 Å². The molecule has 0 radical (unpaired) electrons. The third kappa shape index (κ3) is 63.7. The lowest BCUT2D eigenvalue weighted by molar-refractivity contribution is 0.352. The molecular weight excluding hydrogens is 777 g/mol. The molecule has 10 heteroatoms. The largest absolute Gasteiger partial charge is 0.330 e. The molecule has 0 aromatic carbocycles.